The van der Waals surface area contributed by atoms with Gasteiger partial charge in [0.1, 0.15) is 5.82 Å². The van der Waals surface area contributed by atoms with Gasteiger partial charge < -0.3 is 9.64 Å². The van der Waals surface area contributed by atoms with Crippen LogP contribution in [-0.2, 0) is 10.6 Å². The Morgan fingerprint density at radius 1 is 1.58 bits per heavy atom. The molecule has 2 rings (SSSR count). The van der Waals surface area contributed by atoms with Crippen LogP contribution in [0.15, 0.2) is 16.7 Å². The third-order valence-electron chi connectivity index (χ3n) is 3.29. The molecule has 3 nitrogen and oxygen atoms in total. The monoisotopic (exact) mass is 346 g/mol. The lowest BCUT2D eigenvalue weighted by molar-refractivity contribution is 0.0439. The minimum atomic E-state index is 0.322. The quantitative estimate of drug-likeness (QED) is 0.753. The number of ether oxygens (including phenoxy) is 1. The summed E-state index contributed by atoms with van der Waals surface area (Å²) in [7, 11) is 0. The molecule has 0 amide bonds. The van der Waals surface area contributed by atoms with Gasteiger partial charge in [0, 0.05) is 35.9 Å². The molecular weight excluding hydrogens is 328 g/mol. The van der Waals surface area contributed by atoms with Crippen molar-refractivity contribution in [2.75, 3.05) is 24.6 Å². The fourth-order valence-corrected chi connectivity index (χ4v) is 2.98. The predicted octanol–water partition coefficient (Wildman–Crippen LogP) is 3.98. The average Bonchev–Trinajstić information content (AvgIpc) is 2.45. The van der Waals surface area contributed by atoms with Gasteiger partial charge in [-0.05, 0) is 41.3 Å². The molecule has 0 N–H and O–H groups in total. The Balaban J connectivity index is 2.08. The molecule has 1 aromatic rings. The van der Waals surface area contributed by atoms with E-state index in [2.05, 4.69) is 32.7 Å². The normalized spacial score (nSPS) is 19.7. The number of alkyl halides is 1. The number of rotatable bonds is 5. The first kappa shape index (κ1) is 15.1. The third kappa shape index (κ3) is 4.07. The highest BCUT2D eigenvalue weighted by atomic mass is 79.9. The van der Waals surface area contributed by atoms with E-state index in [-0.39, 0.29) is 0 Å². The van der Waals surface area contributed by atoms with Gasteiger partial charge in [-0.3, -0.25) is 0 Å². The molecule has 1 saturated heterocycles. The molecule has 1 unspecified atom stereocenters. The smallest absolute Gasteiger partial charge is 0.133 e. The molecule has 1 aromatic heterocycles. The highest BCUT2D eigenvalue weighted by Crippen LogP contribution is 2.26. The Hall–Kier alpha value is -0.320. The fraction of sp³-hybridized carbons (Fsp3) is 0.643. The fourth-order valence-electron chi connectivity index (χ4n) is 2.41. The number of pyridine rings is 1. The molecule has 0 radical (unpaired) electrons. The van der Waals surface area contributed by atoms with Gasteiger partial charge in [0.25, 0.3) is 0 Å². The summed E-state index contributed by atoms with van der Waals surface area (Å²) in [4.78, 5) is 6.83. The van der Waals surface area contributed by atoms with E-state index in [1.165, 1.54) is 0 Å². The van der Waals surface area contributed by atoms with Gasteiger partial charge >= 0.3 is 0 Å². The van der Waals surface area contributed by atoms with Gasteiger partial charge in [-0.1, -0.05) is 6.92 Å². The van der Waals surface area contributed by atoms with E-state index in [0.29, 0.717) is 12.0 Å². The number of hydrogen-bond donors (Lipinski definition) is 0. The van der Waals surface area contributed by atoms with Crippen LogP contribution in [0.2, 0.25) is 0 Å². The van der Waals surface area contributed by atoms with Crippen LogP contribution < -0.4 is 4.90 Å². The Morgan fingerprint density at radius 3 is 3.16 bits per heavy atom. The Kier molecular flexibility index (Phi) is 5.92. The van der Waals surface area contributed by atoms with Gasteiger partial charge in [0.05, 0.1) is 12.0 Å². The van der Waals surface area contributed by atoms with Gasteiger partial charge in [0.2, 0.25) is 0 Å². The number of nitrogens with zero attached hydrogens (tertiary/aromatic N) is 2. The lowest BCUT2D eigenvalue weighted by atomic mass is 10.1. The van der Waals surface area contributed by atoms with Crippen molar-refractivity contribution in [1.82, 2.24) is 4.98 Å². The largest absolute Gasteiger partial charge is 0.376 e. The summed E-state index contributed by atoms with van der Waals surface area (Å²) < 4.78 is 6.84. The second-order valence-corrected chi connectivity index (χ2v) is 6.03. The van der Waals surface area contributed by atoms with E-state index in [1.54, 1.807) is 0 Å². The minimum absolute atomic E-state index is 0.322. The van der Waals surface area contributed by atoms with Gasteiger partial charge in [-0.25, -0.2) is 4.98 Å². The first-order chi connectivity index (χ1) is 9.24. The zero-order chi connectivity index (χ0) is 13.7. The molecule has 1 atom stereocenters. The first-order valence-corrected chi connectivity index (χ1v) is 8.14. The van der Waals surface area contributed by atoms with Gasteiger partial charge in [0.15, 0.2) is 0 Å². The lowest BCUT2D eigenvalue weighted by Gasteiger charge is -2.34. The molecule has 1 aliphatic heterocycles. The van der Waals surface area contributed by atoms with Crippen LogP contribution in [0.5, 0.6) is 0 Å². The van der Waals surface area contributed by atoms with Crippen LogP contribution >= 0.6 is 27.5 Å². The summed E-state index contributed by atoms with van der Waals surface area (Å²) in [6.45, 7) is 4.93. The molecule has 0 aliphatic carbocycles. The van der Waals surface area contributed by atoms with E-state index < -0.39 is 0 Å². The number of halogens is 2. The van der Waals surface area contributed by atoms with Crippen LogP contribution in [0.1, 0.15) is 31.7 Å². The van der Waals surface area contributed by atoms with Crippen molar-refractivity contribution in [2.45, 2.75) is 38.2 Å². The Labute approximate surface area is 128 Å². The van der Waals surface area contributed by atoms with Crippen LogP contribution in [0.25, 0.3) is 0 Å². The Bertz CT molecular complexity index is 416. The second-order valence-electron chi connectivity index (χ2n) is 4.85. The van der Waals surface area contributed by atoms with Crippen molar-refractivity contribution < 1.29 is 4.74 Å². The molecule has 106 valence electrons. The number of piperidine rings is 1. The van der Waals surface area contributed by atoms with Crippen LogP contribution in [0, 0.1) is 0 Å². The summed E-state index contributed by atoms with van der Waals surface area (Å²) in [6, 6.07) is 2.05. The molecule has 0 aromatic carbocycles. The van der Waals surface area contributed by atoms with E-state index in [1.807, 2.05) is 12.3 Å². The highest BCUT2D eigenvalue weighted by molar-refractivity contribution is 9.10. The summed E-state index contributed by atoms with van der Waals surface area (Å²) in [5.74, 6) is 1.49. The van der Waals surface area contributed by atoms with E-state index >= 15 is 0 Å². The molecule has 5 heteroatoms. The first-order valence-electron chi connectivity index (χ1n) is 6.81. The second kappa shape index (κ2) is 7.46. The van der Waals surface area contributed by atoms with Crippen molar-refractivity contribution in [2.24, 2.45) is 0 Å². The van der Waals surface area contributed by atoms with Crippen molar-refractivity contribution in [3.8, 4) is 0 Å². The van der Waals surface area contributed by atoms with Crippen molar-refractivity contribution in [3.63, 3.8) is 0 Å². The SMILES string of the molecule is CCCOC1CCCN(c2ncc(Br)cc2CCl)C1. The van der Waals surface area contributed by atoms with E-state index in [9.17, 15) is 0 Å². The molecule has 0 saturated carbocycles. The van der Waals surface area contributed by atoms with Crippen LogP contribution in [0.3, 0.4) is 0 Å². The number of anilines is 1. The van der Waals surface area contributed by atoms with Crippen LogP contribution in [-0.4, -0.2) is 30.8 Å². The van der Waals surface area contributed by atoms with E-state index in [4.69, 9.17) is 16.3 Å². The molecule has 1 aliphatic rings. The molecule has 19 heavy (non-hydrogen) atoms. The van der Waals surface area contributed by atoms with Crippen LogP contribution in [0.4, 0.5) is 5.82 Å². The van der Waals surface area contributed by atoms with Crippen molar-refractivity contribution in [3.05, 3.63) is 22.3 Å². The minimum Gasteiger partial charge on any atom is -0.376 e. The maximum absolute atomic E-state index is 6.02. The molecule has 0 bridgehead atoms. The zero-order valence-corrected chi connectivity index (χ0v) is 13.6. The molecule has 0 spiro atoms. The maximum Gasteiger partial charge on any atom is 0.133 e. The zero-order valence-electron chi connectivity index (χ0n) is 11.2. The molecular formula is C14H20BrClN2O. The standard InChI is InChI=1S/C14H20BrClN2O/c1-2-6-19-13-4-3-5-18(10-13)14-11(8-16)7-12(15)9-17-14/h7,9,13H,2-6,8,10H2,1H3. The summed E-state index contributed by atoms with van der Waals surface area (Å²) in [5.41, 5.74) is 1.08. The predicted molar refractivity (Wildman–Crippen MR) is 83.0 cm³/mol. The third-order valence-corrected chi connectivity index (χ3v) is 4.01. The Morgan fingerprint density at radius 2 is 2.42 bits per heavy atom. The maximum atomic E-state index is 6.02. The average molecular weight is 348 g/mol. The molecule has 1 fully saturated rings. The van der Waals surface area contributed by atoms with Crippen molar-refractivity contribution >= 4 is 33.3 Å². The molecule has 2 heterocycles. The summed E-state index contributed by atoms with van der Waals surface area (Å²) in [6.07, 6.45) is 5.51. The summed E-state index contributed by atoms with van der Waals surface area (Å²) >= 11 is 9.47. The van der Waals surface area contributed by atoms with Gasteiger partial charge in [-0.15, -0.1) is 11.6 Å². The van der Waals surface area contributed by atoms with E-state index in [0.717, 1.165) is 54.8 Å². The topological polar surface area (TPSA) is 25.4 Å². The lowest BCUT2D eigenvalue weighted by Crippen LogP contribution is -2.40. The number of hydrogen-bond acceptors (Lipinski definition) is 3. The highest BCUT2D eigenvalue weighted by Gasteiger charge is 2.22. The van der Waals surface area contributed by atoms with Crippen molar-refractivity contribution in [1.29, 1.82) is 0 Å². The number of aromatic nitrogens is 1. The summed E-state index contributed by atoms with van der Waals surface area (Å²) in [5, 5.41) is 0. The van der Waals surface area contributed by atoms with Gasteiger partial charge in [-0.2, -0.15) is 0 Å².